The van der Waals surface area contributed by atoms with Crippen LogP contribution in [-0.4, -0.2) is 23.9 Å². The van der Waals surface area contributed by atoms with E-state index in [1.54, 1.807) is 48.5 Å². The first-order chi connectivity index (χ1) is 14.9. The van der Waals surface area contributed by atoms with Gasteiger partial charge in [-0.25, -0.2) is 4.39 Å². The van der Waals surface area contributed by atoms with E-state index in [1.165, 1.54) is 30.2 Å². The number of amides is 1. The lowest BCUT2D eigenvalue weighted by Crippen LogP contribution is -2.41. The molecule has 1 amide bonds. The van der Waals surface area contributed by atoms with Gasteiger partial charge in [-0.1, -0.05) is 48.0 Å². The molecule has 0 saturated carbocycles. The molecule has 158 valence electrons. The fourth-order valence-corrected chi connectivity index (χ4v) is 4.10. The maximum Gasteiger partial charge on any atom is 0.264 e. The highest BCUT2D eigenvalue weighted by molar-refractivity contribution is 6.31. The van der Waals surface area contributed by atoms with E-state index in [9.17, 15) is 19.1 Å². The zero-order chi connectivity index (χ0) is 22.2. The number of benzene rings is 3. The summed E-state index contributed by atoms with van der Waals surface area (Å²) in [5.74, 6) is -1.37. The van der Waals surface area contributed by atoms with Gasteiger partial charge in [0.05, 0.1) is 31.3 Å². The van der Waals surface area contributed by atoms with Crippen molar-refractivity contribution in [2.45, 2.75) is 18.6 Å². The first-order valence-corrected chi connectivity index (χ1v) is 9.97. The Bertz CT molecular complexity index is 1160. The van der Waals surface area contributed by atoms with Crippen LogP contribution in [0.5, 0.6) is 5.75 Å². The zero-order valence-electron chi connectivity index (χ0n) is 16.6. The summed E-state index contributed by atoms with van der Waals surface area (Å²) in [5, 5.41) is 11.6. The number of aliphatic hydroxyl groups is 1. The van der Waals surface area contributed by atoms with Crippen LogP contribution in [0.1, 0.15) is 27.9 Å². The third-order valence-electron chi connectivity index (χ3n) is 5.44. The molecule has 0 unspecified atom stereocenters. The molecule has 0 fully saturated rings. The van der Waals surface area contributed by atoms with E-state index >= 15 is 0 Å². The van der Waals surface area contributed by atoms with Crippen LogP contribution in [0.3, 0.4) is 0 Å². The number of para-hydroxylation sites is 2. The van der Waals surface area contributed by atoms with E-state index in [4.69, 9.17) is 16.3 Å². The van der Waals surface area contributed by atoms with Gasteiger partial charge in [0.2, 0.25) is 0 Å². The van der Waals surface area contributed by atoms with Crippen LogP contribution >= 0.6 is 11.6 Å². The second-order valence-electron chi connectivity index (χ2n) is 7.27. The minimum atomic E-state index is -2.09. The Morgan fingerprint density at radius 1 is 1.10 bits per heavy atom. The smallest absolute Gasteiger partial charge is 0.264 e. The quantitative estimate of drug-likeness (QED) is 0.574. The van der Waals surface area contributed by atoms with Crippen LogP contribution in [0, 0.1) is 5.82 Å². The number of rotatable bonds is 6. The molecule has 1 aliphatic rings. The lowest BCUT2D eigenvalue weighted by molar-refractivity contribution is -0.136. The SMILES string of the molecule is COc1ccccc1C(=O)C[C@]1(O)C(=O)N(Cc2c(F)cccc2Cl)c2ccccc21. The van der Waals surface area contributed by atoms with E-state index < -0.39 is 29.5 Å². The summed E-state index contributed by atoms with van der Waals surface area (Å²) < 4.78 is 19.6. The summed E-state index contributed by atoms with van der Waals surface area (Å²) in [7, 11) is 1.44. The number of methoxy groups -OCH3 is 1. The molecular weight excluding hydrogens is 421 g/mol. The van der Waals surface area contributed by atoms with Crippen molar-refractivity contribution in [3.8, 4) is 5.75 Å². The zero-order valence-corrected chi connectivity index (χ0v) is 17.4. The lowest BCUT2D eigenvalue weighted by atomic mass is 9.88. The number of hydrogen-bond donors (Lipinski definition) is 1. The summed E-state index contributed by atoms with van der Waals surface area (Å²) in [4.78, 5) is 27.6. The molecule has 4 rings (SSSR count). The highest BCUT2D eigenvalue weighted by Crippen LogP contribution is 2.44. The molecule has 3 aromatic rings. The van der Waals surface area contributed by atoms with Crippen molar-refractivity contribution in [3.05, 3.63) is 94.3 Å². The second-order valence-corrected chi connectivity index (χ2v) is 7.68. The van der Waals surface area contributed by atoms with Crippen molar-refractivity contribution < 1.29 is 23.8 Å². The first kappa shape index (κ1) is 21.0. The monoisotopic (exact) mass is 439 g/mol. The van der Waals surface area contributed by atoms with Crippen molar-refractivity contribution in [3.63, 3.8) is 0 Å². The Hall–Kier alpha value is -3.22. The molecule has 0 bridgehead atoms. The van der Waals surface area contributed by atoms with Crippen molar-refractivity contribution in [1.29, 1.82) is 0 Å². The fraction of sp³-hybridized carbons (Fsp3) is 0.167. The predicted octanol–water partition coefficient (Wildman–Crippen LogP) is 4.50. The molecule has 3 aromatic carbocycles. The Balaban J connectivity index is 1.72. The molecule has 7 heteroatoms. The van der Waals surface area contributed by atoms with Gasteiger partial charge in [-0.2, -0.15) is 0 Å². The molecule has 0 aliphatic carbocycles. The van der Waals surface area contributed by atoms with Crippen molar-refractivity contribution >= 4 is 29.0 Å². The minimum absolute atomic E-state index is 0.132. The van der Waals surface area contributed by atoms with Crippen molar-refractivity contribution in [2.75, 3.05) is 12.0 Å². The number of nitrogens with zero attached hydrogens (tertiary/aromatic N) is 1. The molecule has 0 radical (unpaired) electrons. The van der Waals surface area contributed by atoms with Crippen LogP contribution in [0.2, 0.25) is 5.02 Å². The van der Waals surface area contributed by atoms with Gasteiger partial charge in [0.25, 0.3) is 5.91 Å². The topological polar surface area (TPSA) is 66.8 Å². The van der Waals surface area contributed by atoms with Gasteiger partial charge in [-0.15, -0.1) is 0 Å². The van der Waals surface area contributed by atoms with Crippen LogP contribution in [-0.2, 0) is 16.9 Å². The predicted molar refractivity (Wildman–Crippen MR) is 115 cm³/mol. The fourth-order valence-electron chi connectivity index (χ4n) is 3.88. The number of carbonyl (C=O) groups is 2. The third kappa shape index (κ3) is 3.58. The number of anilines is 1. The standard InChI is InChI=1S/C24H19ClFNO4/c1-31-22-12-5-2-7-15(22)21(28)13-24(30)17-8-3-4-11-20(17)27(23(24)29)14-16-18(25)9-6-10-19(16)26/h2-12,30H,13-14H2,1H3/t24-/m1/s1. The van der Waals surface area contributed by atoms with Crippen LogP contribution in [0.4, 0.5) is 10.1 Å². The number of carbonyl (C=O) groups excluding carboxylic acids is 2. The van der Waals surface area contributed by atoms with Gasteiger partial charge in [0.1, 0.15) is 11.6 Å². The average Bonchev–Trinajstić information content (AvgIpc) is 2.98. The summed E-state index contributed by atoms with van der Waals surface area (Å²) in [5.41, 5.74) is -1.00. The summed E-state index contributed by atoms with van der Waals surface area (Å²) in [6.07, 6.45) is -0.481. The maximum absolute atomic E-state index is 14.4. The number of hydrogen-bond acceptors (Lipinski definition) is 4. The number of ketones is 1. The average molecular weight is 440 g/mol. The molecule has 1 atom stereocenters. The number of Topliss-reactive ketones (excluding diaryl/α,β-unsaturated/α-hetero) is 1. The van der Waals surface area contributed by atoms with Gasteiger partial charge < -0.3 is 14.7 Å². The highest BCUT2D eigenvalue weighted by atomic mass is 35.5. The molecule has 0 aromatic heterocycles. The number of halogens is 2. The Morgan fingerprint density at radius 2 is 1.81 bits per heavy atom. The summed E-state index contributed by atoms with van der Waals surface area (Å²) >= 11 is 6.14. The summed E-state index contributed by atoms with van der Waals surface area (Å²) in [6.45, 7) is -0.174. The molecule has 31 heavy (non-hydrogen) atoms. The summed E-state index contributed by atoms with van der Waals surface area (Å²) in [6, 6.07) is 17.5. The van der Waals surface area contributed by atoms with E-state index in [1.807, 2.05) is 0 Å². The third-order valence-corrected chi connectivity index (χ3v) is 5.80. The molecule has 5 nitrogen and oxygen atoms in total. The van der Waals surface area contributed by atoms with Crippen LogP contribution in [0.25, 0.3) is 0 Å². The van der Waals surface area contributed by atoms with Crippen molar-refractivity contribution in [2.24, 2.45) is 0 Å². The minimum Gasteiger partial charge on any atom is -0.496 e. The Morgan fingerprint density at radius 3 is 2.55 bits per heavy atom. The lowest BCUT2D eigenvalue weighted by Gasteiger charge is -2.23. The number of ether oxygens (including phenoxy) is 1. The normalized spacial score (nSPS) is 17.5. The van der Waals surface area contributed by atoms with E-state index in [2.05, 4.69) is 0 Å². The largest absolute Gasteiger partial charge is 0.496 e. The Labute approximate surface area is 183 Å². The van der Waals surface area contributed by atoms with Gasteiger partial charge >= 0.3 is 0 Å². The highest BCUT2D eigenvalue weighted by Gasteiger charge is 2.51. The van der Waals surface area contributed by atoms with Gasteiger partial charge in [0, 0.05) is 16.1 Å². The molecule has 1 heterocycles. The van der Waals surface area contributed by atoms with Crippen LogP contribution in [0.15, 0.2) is 66.7 Å². The molecule has 1 aliphatic heterocycles. The maximum atomic E-state index is 14.4. The molecule has 0 spiro atoms. The molecular formula is C24H19ClFNO4. The molecule has 0 saturated heterocycles. The Kier molecular flexibility index (Phi) is 5.52. The molecule has 1 N–H and O–H groups in total. The number of fused-ring (bicyclic) bond motifs is 1. The van der Waals surface area contributed by atoms with E-state index in [0.717, 1.165) is 0 Å². The van der Waals surface area contributed by atoms with Gasteiger partial charge in [-0.3, -0.25) is 9.59 Å². The van der Waals surface area contributed by atoms with Crippen LogP contribution < -0.4 is 9.64 Å². The van der Waals surface area contributed by atoms with E-state index in [0.29, 0.717) is 11.4 Å². The second kappa shape index (κ2) is 8.13. The first-order valence-electron chi connectivity index (χ1n) is 9.60. The van der Waals surface area contributed by atoms with E-state index in [-0.39, 0.29) is 28.3 Å². The van der Waals surface area contributed by atoms with Gasteiger partial charge in [0.15, 0.2) is 11.4 Å². The van der Waals surface area contributed by atoms with Gasteiger partial charge in [-0.05, 0) is 30.3 Å². The van der Waals surface area contributed by atoms with Crippen molar-refractivity contribution in [1.82, 2.24) is 0 Å².